The summed E-state index contributed by atoms with van der Waals surface area (Å²) in [5.74, 6) is 0. The Morgan fingerprint density at radius 3 is 2.50 bits per heavy atom. The predicted octanol–water partition coefficient (Wildman–Crippen LogP) is 3.49. The standard InChI is InChI=1S/C14H16N2/c1-2-3-4-12-5-7-13(8-6-12)14-11-15-9-10-16-14/h5-11H,2-4H2,1H3. The first-order valence-corrected chi connectivity index (χ1v) is 5.75. The molecule has 16 heavy (non-hydrogen) atoms. The van der Waals surface area contributed by atoms with E-state index in [-0.39, 0.29) is 0 Å². The molecule has 2 aromatic rings. The number of unbranched alkanes of at least 4 members (excludes halogenated alkanes) is 1. The van der Waals surface area contributed by atoms with Gasteiger partial charge in [-0.15, -0.1) is 0 Å². The summed E-state index contributed by atoms with van der Waals surface area (Å²) >= 11 is 0. The first kappa shape index (κ1) is 10.8. The third kappa shape index (κ3) is 2.66. The second kappa shape index (κ2) is 5.40. The zero-order valence-corrected chi connectivity index (χ0v) is 9.56. The van der Waals surface area contributed by atoms with Crippen LogP contribution in [0, 0.1) is 0 Å². The van der Waals surface area contributed by atoms with Crippen LogP contribution in [0.25, 0.3) is 11.3 Å². The Kier molecular flexibility index (Phi) is 3.65. The number of hydrogen-bond acceptors (Lipinski definition) is 2. The lowest BCUT2D eigenvalue weighted by Crippen LogP contribution is -1.87. The highest BCUT2D eigenvalue weighted by atomic mass is 14.8. The lowest BCUT2D eigenvalue weighted by Gasteiger charge is -2.02. The van der Waals surface area contributed by atoms with Gasteiger partial charge in [0.05, 0.1) is 11.9 Å². The molecule has 0 aliphatic heterocycles. The average molecular weight is 212 g/mol. The highest BCUT2D eigenvalue weighted by molar-refractivity contribution is 5.58. The van der Waals surface area contributed by atoms with Gasteiger partial charge in [0.25, 0.3) is 0 Å². The Balaban J connectivity index is 2.13. The van der Waals surface area contributed by atoms with Gasteiger partial charge in [-0.05, 0) is 18.4 Å². The van der Waals surface area contributed by atoms with Crippen molar-refractivity contribution in [3.05, 3.63) is 48.4 Å². The zero-order chi connectivity index (χ0) is 11.2. The van der Waals surface area contributed by atoms with Crippen LogP contribution in [-0.2, 0) is 6.42 Å². The molecule has 0 amide bonds. The largest absolute Gasteiger partial charge is 0.261 e. The molecule has 0 radical (unpaired) electrons. The Bertz CT molecular complexity index is 420. The van der Waals surface area contributed by atoms with Crippen molar-refractivity contribution in [3.63, 3.8) is 0 Å². The van der Waals surface area contributed by atoms with Gasteiger partial charge in [-0.1, -0.05) is 37.6 Å². The van der Waals surface area contributed by atoms with Crippen LogP contribution in [0.5, 0.6) is 0 Å². The molecule has 2 rings (SSSR count). The van der Waals surface area contributed by atoms with Crippen molar-refractivity contribution < 1.29 is 0 Å². The number of aromatic nitrogens is 2. The van der Waals surface area contributed by atoms with Gasteiger partial charge in [-0.2, -0.15) is 0 Å². The Labute approximate surface area is 96.4 Å². The summed E-state index contributed by atoms with van der Waals surface area (Å²) < 4.78 is 0. The quantitative estimate of drug-likeness (QED) is 0.775. The molecule has 1 heterocycles. The minimum atomic E-state index is 0.935. The van der Waals surface area contributed by atoms with Crippen LogP contribution in [0.4, 0.5) is 0 Å². The van der Waals surface area contributed by atoms with Crippen LogP contribution < -0.4 is 0 Å². The smallest absolute Gasteiger partial charge is 0.0885 e. The van der Waals surface area contributed by atoms with E-state index < -0.39 is 0 Å². The van der Waals surface area contributed by atoms with E-state index >= 15 is 0 Å². The molecule has 0 aliphatic carbocycles. The summed E-state index contributed by atoms with van der Waals surface area (Å²) in [6, 6.07) is 8.60. The summed E-state index contributed by atoms with van der Waals surface area (Å²) in [6.45, 7) is 2.22. The fourth-order valence-electron chi connectivity index (χ4n) is 1.67. The van der Waals surface area contributed by atoms with Gasteiger partial charge in [0.2, 0.25) is 0 Å². The molecule has 0 saturated carbocycles. The molecule has 0 N–H and O–H groups in total. The van der Waals surface area contributed by atoms with Gasteiger partial charge in [-0.25, -0.2) is 0 Å². The fraction of sp³-hybridized carbons (Fsp3) is 0.286. The van der Waals surface area contributed by atoms with Gasteiger partial charge in [0.1, 0.15) is 0 Å². The third-order valence-corrected chi connectivity index (χ3v) is 2.63. The van der Waals surface area contributed by atoms with Gasteiger partial charge < -0.3 is 0 Å². The molecule has 0 fully saturated rings. The maximum Gasteiger partial charge on any atom is 0.0885 e. The molecule has 0 saturated heterocycles. The Morgan fingerprint density at radius 2 is 1.88 bits per heavy atom. The minimum absolute atomic E-state index is 0.935. The van der Waals surface area contributed by atoms with Crippen LogP contribution in [0.2, 0.25) is 0 Å². The molecule has 0 bridgehead atoms. The molecule has 1 aromatic heterocycles. The zero-order valence-electron chi connectivity index (χ0n) is 9.56. The van der Waals surface area contributed by atoms with E-state index in [9.17, 15) is 0 Å². The minimum Gasteiger partial charge on any atom is -0.261 e. The van der Waals surface area contributed by atoms with Crippen molar-refractivity contribution in [1.29, 1.82) is 0 Å². The molecule has 82 valence electrons. The number of aryl methyl sites for hydroxylation is 1. The van der Waals surface area contributed by atoms with Crippen molar-refractivity contribution in [2.24, 2.45) is 0 Å². The van der Waals surface area contributed by atoms with Gasteiger partial charge in [0, 0.05) is 18.0 Å². The van der Waals surface area contributed by atoms with E-state index in [1.807, 2.05) is 0 Å². The summed E-state index contributed by atoms with van der Waals surface area (Å²) in [4.78, 5) is 8.35. The molecule has 2 heteroatoms. The average Bonchev–Trinajstić information content (AvgIpc) is 2.38. The summed E-state index contributed by atoms with van der Waals surface area (Å²) in [5, 5.41) is 0. The number of rotatable bonds is 4. The number of hydrogen-bond donors (Lipinski definition) is 0. The van der Waals surface area contributed by atoms with Crippen molar-refractivity contribution in [1.82, 2.24) is 9.97 Å². The second-order valence-corrected chi connectivity index (χ2v) is 3.89. The van der Waals surface area contributed by atoms with Crippen LogP contribution in [0.1, 0.15) is 25.3 Å². The summed E-state index contributed by atoms with van der Waals surface area (Å²) in [5.41, 5.74) is 3.47. The molecule has 1 aromatic carbocycles. The Hall–Kier alpha value is -1.70. The Morgan fingerprint density at radius 1 is 1.06 bits per heavy atom. The van der Waals surface area contributed by atoms with Gasteiger partial charge in [-0.3, -0.25) is 9.97 Å². The normalized spacial score (nSPS) is 10.3. The number of benzene rings is 1. The van der Waals surface area contributed by atoms with Crippen LogP contribution in [0.3, 0.4) is 0 Å². The van der Waals surface area contributed by atoms with Crippen LogP contribution in [0.15, 0.2) is 42.9 Å². The van der Waals surface area contributed by atoms with Crippen molar-refractivity contribution in [2.75, 3.05) is 0 Å². The topological polar surface area (TPSA) is 25.8 Å². The van der Waals surface area contributed by atoms with Crippen molar-refractivity contribution in [2.45, 2.75) is 26.2 Å². The summed E-state index contributed by atoms with van der Waals surface area (Å²) in [7, 11) is 0. The van der Waals surface area contributed by atoms with Gasteiger partial charge >= 0.3 is 0 Å². The summed E-state index contributed by atoms with van der Waals surface area (Å²) in [6.07, 6.45) is 8.87. The third-order valence-electron chi connectivity index (χ3n) is 2.63. The lowest BCUT2D eigenvalue weighted by molar-refractivity contribution is 0.795. The monoisotopic (exact) mass is 212 g/mol. The maximum absolute atomic E-state index is 4.28. The van der Waals surface area contributed by atoms with Gasteiger partial charge in [0.15, 0.2) is 0 Å². The van der Waals surface area contributed by atoms with Crippen molar-refractivity contribution in [3.8, 4) is 11.3 Å². The highest BCUT2D eigenvalue weighted by Crippen LogP contribution is 2.16. The lowest BCUT2D eigenvalue weighted by atomic mass is 10.1. The van der Waals surface area contributed by atoms with E-state index in [0.717, 1.165) is 17.7 Å². The first-order chi connectivity index (χ1) is 7.90. The maximum atomic E-state index is 4.28. The molecule has 0 unspecified atom stereocenters. The predicted molar refractivity (Wildman–Crippen MR) is 66.1 cm³/mol. The number of nitrogens with zero attached hydrogens (tertiary/aromatic N) is 2. The van der Waals surface area contributed by atoms with E-state index in [4.69, 9.17) is 0 Å². The van der Waals surface area contributed by atoms with Crippen LogP contribution in [-0.4, -0.2) is 9.97 Å². The molecular weight excluding hydrogens is 196 g/mol. The van der Waals surface area contributed by atoms with E-state index in [1.54, 1.807) is 18.6 Å². The SMILES string of the molecule is CCCCc1ccc(-c2cnccn2)cc1. The first-order valence-electron chi connectivity index (χ1n) is 5.75. The molecule has 0 spiro atoms. The van der Waals surface area contributed by atoms with E-state index in [2.05, 4.69) is 41.2 Å². The molecular formula is C14H16N2. The highest BCUT2D eigenvalue weighted by Gasteiger charge is 1.98. The van der Waals surface area contributed by atoms with E-state index in [0.29, 0.717) is 0 Å². The molecule has 0 aliphatic rings. The molecule has 0 atom stereocenters. The van der Waals surface area contributed by atoms with Crippen LogP contribution >= 0.6 is 0 Å². The molecule has 2 nitrogen and oxygen atoms in total. The fourth-order valence-corrected chi connectivity index (χ4v) is 1.67. The van der Waals surface area contributed by atoms with Crippen molar-refractivity contribution >= 4 is 0 Å². The second-order valence-electron chi connectivity index (χ2n) is 3.89. The van der Waals surface area contributed by atoms with E-state index in [1.165, 1.54) is 18.4 Å².